The molecule has 0 radical (unpaired) electrons. The lowest BCUT2D eigenvalue weighted by atomic mass is 9.97. The molecule has 0 bridgehead atoms. The van der Waals surface area contributed by atoms with E-state index in [0.29, 0.717) is 80.4 Å². The van der Waals surface area contributed by atoms with Gasteiger partial charge in [0.15, 0.2) is 12.4 Å². The van der Waals surface area contributed by atoms with E-state index in [0.717, 1.165) is 53.2 Å². The minimum atomic E-state index is -0.847. The molecule has 20 nitrogen and oxygen atoms in total. The third kappa shape index (κ3) is 9.72. The molecule has 1 aromatic carbocycles. The van der Waals surface area contributed by atoms with E-state index in [1.54, 1.807) is 49.8 Å². The van der Waals surface area contributed by atoms with E-state index < -0.39 is 42.0 Å². The smallest absolute Gasteiger partial charge is 0.323 e. The maximum Gasteiger partial charge on any atom is 0.323 e. The molecule has 4 aliphatic rings. The fourth-order valence-corrected chi connectivity index (χ4v) is 9.53. The number of pyridine rings is 1. The van der Waals surface area contributed by atoms with E-state index in [9.17, 15) is 28.8 Å². The van der Waals surface area contributed by atoms with E-state index in [1.807, 2.05) is 23.1 Å². The van der Waals surface area contributed by atoms with Crippen LogP contribution in [0.4, 0.5) is 21.9 Å². The molecule has 1 aliphatic carbocycles. The number of esters is 1. The molecule has 7 heterocycles. The van der Waals surface area contributed by atoms with Gasteiger partial charge in [-0.05, 0) is 82.7 Å². The molecule has 0 spiro atoms. The number of hydrogen-bond donors (Lipinski definition) is 2. The van der Waals surface area contributed by atoms with Gasteiger partial charge in [-0.15, -0.1) is 0 Å². The Balaban J connectivity index is 0.711. The molecule has 5 aromatic rings. The van der Waals surface area contributed by atoms with Crippen molar-refractivity contribution in [3.63, 3.8) is 0 Å². The molecule has 356 valence electrons. The molecular weight excluding hydrogens is 896 g/mol. The minimum absolute atomic E-state index is 0.0533. The van der Waals surface area contributed by atoms with Crippen LogP contribution in [0.1, 0.15) is 112 Å². The number of unbranched alkanes of at least 4 members (excludes halogenated alkanes) is 1. The molecule has 1 saturated carbocycles. The number of anilines is 3. The zero-order valence-corrected chi connectivity index (χ0v) is 39.0. The van der Waals surface area contributed by atoms with Gasteiger partial charge in [0.1, 0.15) is 11.7 Å². The number of benzene rings is 1. The Morgan fingerprint density at radius 3 is 2.50 bits per heavy atom. The van der Waals surface area contributed by atoms with Crippen LogP contribution in [0.15, 0.2) is 53.4 Å². The number of aryl methyl sites for hydroxylation is 1. The summed E-state index contributed by atoms with van der Waals surface area (Å²) in [6, 6.07) is 7.70. The second-order valence-electron chi connectivity index (χ2n) is 18.7. The molecule has 68 heavy (non-hydrogen) atoms. The minimum Gasteiger partial charge on any atom is -0.443 e. The molecular formula is C47H53ClN12O8. The zero-order chi connectivity index (χ0) is 47.7. The van der Waals surface area contributed by atoms with Crippen LogP contribution in [-0.4, -0.2) is 119 Å². The Morgan fingerprint density at radius 2 is 1.74 bits per heavy atom. The van der Waals surface area contributed by atoms with Gasteiger partial charge >= 0.3 is 12.0 Å². The lowest BCUT2D eigenvalue weighted by molar-refractivity contribution is -0.168. The number of likely N-dealkylation sites (tertiary alicyclic amines) is 1. The van der Waals surface area contributed by atoms with Crippen LogP contribution in [-0.2, 0) is 36.9 Å². The summed E-state index contributed by atoms with van der Waals surface area (Å²) < 4.78 is 12.5. The molecule has 3 aliphatic heterocycles. The van der Waals surface area contributed by atoms with Gasteiger partial charge in [0.2, 0.25) is 23.5 Å². The summed E-state index contributed by atoms with van der Waals surface area (Å²) in [5, 5.41) is 14.5. The van der Waals surface area contributed by atoms with Crippen molar-refractivity contribution in [2.45, 2.75) is 103 Å². The Bertz CT molecular complexity index is 2770. The number of amides is 6. The first-order chi connectivity index (χ1) is 32.7. The Hall–Kier alpha value is -6.96. The largest absolute Gasteiger partial charge is 0.443 e. The van der Waals surface area contributed by atoms with Crippen LogP contribution in [0, 0.1) is 5.41 Å². The number of urea groups is 1. The summed E-state index contributed by atoms with van der Waals surface area (Å²) in [6.45, 7) is 7.09. The summed E-state index contributed by atoms with van der Waals surface area (Å²) >= 11 is 6.59. The van der Waals surface area contributed by atoms with Gasteiger partial charge in [-0.25, -0.2) is 24.2 Å². The predicted molar refractivity (Wildman–Crippen MR) is 247 cm³/mol. The van der Waals surface area contributed by atoms with Gasteiger partial charge in [-0.1, -0.05) is 29.6 Å². The number of aromatic nitrogens is 6. The maximum atomic E-state index is 13.5. The standard InChI is InChI=1S/C47H53ClN12O8/c1-47(2,3)45(65)67-27-59-39(62)15-14-35(44(59)64)58-26-29-22-31(12-13-32(29)43(58)63)56-18-20-57(21-19-56)38(61)11-7-6-10-37-54-42(55-68-37)40-33(48)23-30(24-50-40)52-46(66)53-34-25-49-36-16-17-51-60(36)41(34)28-8-4-5-9-28/h12-13,16-17,22-25,28,35H,4-11,14-15,18-21,26-27H2,1-3H3,(H2,52,53,66). The summed E-state index contributed by atoms with van der Waals surface area (Å²) in [5.74, 6) is -0.877. The molecule has 1 unspecified atom stereocenters. The number of piperidine rings is 1. The number of imide groups is 1. The molecule has 9 rings (SSSR count). The number of nitrogens with one attached hydrogen (secondary N) is 2. The van der Waals surface area contributed by atoms with Crippen LogP contribution in [0.25, 0.3) is 17.2 Å². The average molecular weight is 949 g/mol. The maximum absolute atomic E-state index is 13.5. The topological polar surface area (TPSA) is 231 Å². The van der Waals surface area contributed by atoms with Crippen molar-refractivity contribution in [3.8, 4) is 11.5 Å². The lowest BCUT2D eigenvalue weighted by Gasteiger charge is -2.36. The molecule has 2 N–H and O–H groups in total. The number of ether oxygens (including phenoxy) is 1. The number of carbonyl (C=O) groups excluding carboxylic acids is 6. The average Bonchev–Trinajstić information content (AvgIpc) is 4.16. The summed E-state index contributed by atoms with van der Waals surface area (Å²) in [4.78, 5) is 98.0. The van der Waals surface area contributed by atoms with Gasteiger partial charge in [-0.2, -0.15) is 10.1 Å². The highest BCUT2D eigenvalue weighted by atomic mass is 35.5. The quantitative estimate of drug-likeness (QED) is 0.0760. The van der Waals surface area contributed by atoms with E-state index in [-0.39, 0.29) is 48.0 Å². The van der Waals surface area contributed by atoms with Crippen molar-refractivity contribution in [1.82, 2.24) is 44.4 Å². The first-order valence-electron chi connectivity index (χ1n) is 23.1. The zero-order valence-electron chi connectivity index (χ0n) is 38.2. The van der Waals surface area contributed by atoms with Crippen molar-refractivity contribution >= 4 is 69.9 Å². The Kier molecular flexibility index (Phi) is 13.1. The number of halogens is 1. The van der Waals surface area contributed by atoms with Gasteiger partial charge in [0.25, 0.3) is 11.8 Å². The van der Waals surface area contributed by atoms with Crippen LogP contribution in [0.5, 0.6) is 0 Å². The molecule has 2 saturated heterocycles. The number of rotatable bonds is 13. The molecule has 3 fully saturated rings. The predicted octanol–water partition coefficient (Wildman–Crippen LogP) is 6.21. The van der Waals surface area contributed by atoms with Crippen molar-refractivity contribution < 1.29 is 38.0 Å². The molecule has 21 heteroatoms. The van der Waals surface area contributed by atoms with Crippen molar-refractivity contribution in [2.24, 2.45) is 5.41 Å². The summed E-state index contributed by atoms with van der Waals surface area (Å²) in [6.07, 6.45) is 11.5. The highest BCUT2D eigenvalue weighted by molar-refractivity contribution is 6.33. The van der Waals surface area contributed by atoms with E-state index in [2.05, 4.69) is 40.7 Å². The third-order valence-electron chi connectivity index (χ3n) is 13.0. The fraction of sp³-hybridized carbons (Fsp3) is 0.468. The number of hydrogen-bond acceptors (Lipinski definition) is 14. The van der Waals surface area contributed by atoms with Gasteiger partial charge in [-0.3, -0.25) is 24.0 Å². The molecule has 1 atom stereocenters. The normalized spacial score (nSPS) is 17.9. The van der Waals surface area contributed by atoms with Gasteiger partial charge in [0.05, 0.1) is 46.1 Å². The van der Waals surface area contributed by atoms with Crippen LogP contribution in [0.3, 0.4) is 0 Å². The van der Waals surface area contributed by atoms with E-state index in [1.165, 1.54) is 11.1 Å². The third-order valence-corrected chi connectivity index (χ3v) is 13.3. The van der Waals surface area contributed by atoms with Crippen molar-refractivity contribution in [3.05, 3.63) is 76.7 Å². The summed E-state index contributed by atoms with van der Waals surface area (Å²) in [7, 11) is 0. The van der Waals surface area contributed by atoms with E-state index in [4.69, 9.17) is 20.9 Å². The van der Waals surface area contributed by atoms with Gasteiger partial charge < -0.3 is 34.6 Å². The lowest BCUT2D eigenvalue weighted by Crippen LogP contribution is -2.55. The van der Waals surface area contributed by atoms with Gasteiger partial charge in [0, 0.05) is 75.2 Å². The van der Waals surface area contributed by atoms with E-state index >= 15 is 0 Å². The Labute approximate surface area is 396 Å². The molecule has 6 amide bonds. The first kappa shape index (κ1) is 46.2. The fourth-order valence-electron chi connectivity index (χ4n) is 9.28. The molecule has 4 aromatic heterocycles. The van der Waals surface area contributed by atoms with Crippen LogP contribution >= 0.6 is 11.6 Å². The highest BCUT2D eigenvalue weighted by Crippen LogP contribution is 2.38. The van der Waals surface area contributed by atoms with Crippen LogP contribution < -0.4 is 15.5 Å². The second-order valence-corrected chi connectivity index (χ2v) is 19.1. The van der Waals surface area contributed by atoms with Crippen molar-refractivity contribution in [1.29, 1.82) is 0 Å². The SMILES string of the molecule is CC(C)(C)C(=O)OCN1C(=O)CCC(N2Cc3cc(N4CCN(C(=O)CCCCc5nc(-c6ncc(NC(=O)Nc7cnc8ccnn8c7C7CCCC7)cc6Cl)no5)CC4)ccc3C2=O)C1=O. The first-order valence-corrected chi connectivity index (χ1v) is 23.5. The monoisotopic (exact) mass is 948 g/mol. The van der Waals surface area contributed by atoms with Crippen LogP contribution in [0.2, 0.25) is 5.02 Å². The number of nitrogens with zero attached hydrogens (tertiary/aromatic N) is 10. The summed E-state index contributed by atoms with van der Waals surface area (Å²) in [5.41, 5.74) is 4.34. The number of carbonyl (C=O) groups is 6. The second kappa shape index (κ2) is 19.3. The Morgan fingerprint density at radius 1 is 0.941 bits per heavy atom. The number of fused-ring (bicyclic) bond motifs is 2. The van der Waals surface area contributed by atoms with Crippen molar-refractivity contribution in [2.75, 3.05) is 48.4 Å². The number of piperazine rings is 1. The highest BCUT2D eigenvalue weighted by Gasteiger charge is 2.43.